The third-order valence-corrected chi connectivity index (χ3v) is 4.74. The second-order valence-electron chi connectivity index (χ2n) is 6.49. The Labute approximate surface area is 125 Å². The molecule has 0 saturated carbocycles. The molecule has 1 aromatic carbocycles. The predicted octanol–water partition coefficient (Wildman–Crippen LogP) is 4.58. The van der Waals surface area contributed by atoms with Crippen molar-refractivity contribution in [1.82, 2.24) is 0 Å². The molecule has 0 aliphatic carbocycles. The van der Waals surface area contributed by atoms with Crippen molar-refractivity contribution in [3.8, 4) is 5.75 Å². The summed E-state index contributed by atoms with van der Waals surface area (Å²) in [6.07, 6.45) is 1.96. The van der Waals surface area contributed by atoms with Crippen molar-refractivity contribution in [2.75, 3.05) is 0 Å². The summed E-state index contributed by atoms with van der Waals surface area (Å²) >= 11 is -2.29. The molecule has 0 saturated heterocycles. The highest BCUT2D eigenvalue weighted by Gasteiger charge is 2.27. The van der Waals surface area contributed by atoms with Crippen molar-refractivity contribution in [3.05, 3.63) is 29.3 Å². The van der Waals surface area contributed by atoms with Gasteiger partial charge in [-0.05, 0) is 35.3 Å². The first-order valence-electron chi connectivity index (χ1n) is 7.08. The zero-order chi connectivity index (χ0) is 15.6. The maximum atomic E-state index is 11.0. The highest BCUT2D eigenvalue weighted by molar-refractivity contribution is 7.74. The van der Waals surface area contributed by atoms with Gasteiger partial charge in [-0.2, -0.15) is 4.21 Å². The van der Waals surface area contributed by atoms with Gasteiger partial charge in [-0.3, -0.25) is 4.55 Å². The molecule has 0 amide bonds. The Hall–Kier alpha value is -0.870. The van der Waals surface area contributed by atoms with E-state index >= 15 is 0 Å². The average Bonchev–Trinajstić information content (AvgIpc) is 2.38. The van der Waals surface area contributed by atoms with Gasteiger partial charge in [0.2, 0.25) is 0 Å². The minimum atomic E-state index is -2.29. The van der Waals surface area contributed by atoms with Crippen molar-refractivity contribution in [2.45, 2.75) is 65.2 Å². The molecular weight excluding hydrogens is 272 g/mol. The van der Waals surface area contributed by atoms with Crippen LogP contribution in [-0.2, 0) is 22.2 Å². The first-order chi connectivity index (χ1) is 9.14. The van der Waals surface area contributed by atoms with E-state index < -0.39 is 11.4 Å². The molecule has 1 atom stereocenters. The van der Waals surface area contributed by atoms with Crippen molar-refractivity contribution >= 4 is 11.4 Å². The van der Waals surface area contributed by atoms with E-state index in [1.807, 2.05) is 12.1 Å². The molecule has 4 heteroatoms. The van der Waals surface area contributed by atoms with Crippen LogP contribution in [0.4, 0.5) is 0 Å². The van der Waals surface area contributed by atoms with E-state index in [0.29, 0.717) is 5.75 Å². The molecule has 0 aliphatic rings. The molecule has 0 radical (unpaired) electrons. The van der Waals surface area contributed by atoms with Gasteiger partial charge in [0, 0.05) is 5.56 Å². The van der Waals surface area contributed by atoms with Crippen LogP contribution in [0.5, 0.6) is 5.75 Å². The van der Waals surface area contributed by atoms with Gasteiger partial charge in [0.05, 0.1) is 0 Å². The summed E-state index contributed by atoms with van der Waals surface area (Å²) in [6, 6.07) is 5.92. The summed E-state index contributed by atoms with van der Waals surface area (Å²) in [5, 5.41) is 0. The fourth-order valence-electron chi connectivity index (χ4n) is 2.02. The predicted molar refractivity (Wildman–Crippen MR) is 84.5 cm³/mol. The maximum Gasteiger partial charge on any atom is 0.357 e. The summed E-state index contributed by atoms with van der Waals surface area (Å²) < 4.78 is 25.0. The highest BCUT2D eigenvalue weighted by Crippen LogP contribution is 2.38. The van der Waals surface area contributed by atoms with Crippen LogP contribution >= 0.6 is 0 Å². The molecule has 1 unspecified atom stereocenters. The lowest BCUT2D eigenvalue weighted by Gasteiger charge is -2.29. The van der Waals surface area contributed by atoms with E-state index in [0.717, 1.165) is 18.4 Å². The molecule has 0 bridgehead atoms. The van der Waals surface area contributed by atoms with Gasteiger partial charge in [-0.25, -0.2) is 0 Å². The standard InChI is InChI=1S/C16H26O3S/c1-7-15(3,4)12-9-10-14(19-20(17)18)13(11-12)16(5,6)8-2/h9-11H,7-8H2,1-6H3,(H,17,18). The van der Waals surface area contributed by atoms with E-state index in [-0.39, 0.29) is 10.8 Å². The normalized spacial score (nSPS) is 14.2. The Morgan fingerprint density at radius 2 is 1.65 bits per heavy atom. The fourth-order valence-corrected chi connectivity index (χ4v) is 2.32. The lowest BCUT2D eigenvalue weighted by Crippen LogP contribution is -2.21. The molecule has 0 spiro atoms. The zero-order valence-corrected chi connectivity index (χ0v) is 14.1. The van der Waals surface area contributed by atoms with Crippen LogP contribution in [0.2, 0.25) is 0 Å². The van der Waals surface area contributed by atoms with Gasteiger partial charge >= 0.3 is 11.4 Å². The van der Waals surface area contributed by atoms with E-state index in [4.69, 9.17) is 8.74 Å². The molecule has 1 aromatic rings. The topological polar surface area (TPSA) is 46.5 Å². The minimum Gasteiger partial charge on any atom is -0.380 e. The average molecular weight is 298 g/mol. The summed E-state index contributed by atoms with van der Waals surface area (Å²) in [7, 11) is 0. The van der Waals surface area contributed by atoms with Crippen molar-refractivity contribution in [2.24, 2.45) is 0 Å². The largest absolute Gasteiger partial charge is 0.380 e. The highest BCUT2D eigenvalue weighted by atomic mass is 32.2. The van der Waals surface area contributed by atoms with Crippen LogP contribution in [0.25, 0.3) is 0 Å². The Kier molecular flexibility index (Phi) is 5.39. The van der Waals surface area contributed by atoms with Crippen LogP contribution in [0, 0.1) is 0 Å². The summed E-state index contributed by atoms with van der Waals surface area (Å²) in [5.41, 5.74) is 2.19. The lowest BCUT2D eigenvalue weighted by molar-refractivity contribution is 0.434. The minimum absolute atomic E-state index is 0.0788. The molecule has 1 N–H and O–H groups in total. The third-order valence-electron chi connectivity index (χ3n) is 4.42. The SMILES string of the molecule is CCC(C)(C)c1ccc(OS(=O)O)c(C(C)(C)CC)c1. The molecular formula is C16H26O3S. The molecule has 0 heterocycles. The van der Waals surface area contributed by atoms with Crippen molar-refractivity contribution < 1.29 is 12.9 Å². The Morgan fingerprint density at radius 3 is 2.10 bits per heavy atom. The van der Waals surface area contributed by atoms with Gasteiger partial charge < -0.3 is 4.18 Å². The summed E-state index contributed by atoms with van der Waals surface area (Å²) in [5.74, 6) is 0.494. The Balaban J connectivity index is 3.40. The molecule has 114 valence electrons. The Morgan fingerprint density at radius 1 is 1.10 bits per heavy atom. The smallest absolute Gasteiger partial charge is 0.357 e. The lowest BCUT2D eigenvalue weighted by atomic mass is 9.76. The van der Waals surface area contributed by atoms with Gasteiger partial charge in [0.15, 0.2) is 0 Å². The van der Waals surface area contributed by atoms with Gasteiger partial charge in [0.25, 0.3) is 0 Å². The van der Waals surface area contributed by atoms with Crippen LogP contribution < -0.4 is 4.18 Å². The molecule has 0 fully saturated rings. The number of hydrogen-bond donors (Lipinski definition) is 1. The van der Waals surface area contributed by atoms with Gasteiger partial charge in [0.1, 0.15) is 5.75 Å². The van der Waals surface area contributed by atoms with Crippen LogP contribution in [0.1, 0.15) is 65.5 Å². The van der Waals surface area contributed by atoms with E-state index in [9.17, 15) is 4.21 Å². The molecule has 0 aromatic heterocycles. The van der Waals surface area contributed by atoms with Crippen molar-refractivity contribution in [3.63, 3.8) is 0 Å². The van der Waals surface area contributed by atoms with Crippen LogP contribution in [-0.4, -0.2) is 8.76 Å². The van der Waals surface area contributed by atoms with E-state index in [1.54, 1.807) is 0 Å². The number of rotatable bonds is 6. The van der Waals surface area contributed by atoms with Crippen LogP contribution in [0.3, 0.4) is 0 Å². The summed E-state index contributed by atoms with van der Waals surface area (Å²) in [4.78, 5) is 0. The first kappa shape index (κ1) is 17.2. The van der Waals surface area contributed by atoms with Crippen molar-refractivity contribution in [1.29, 1.82) is 0 Å². The number of hydrogen-bond acceptors (Lipinski definition) is 2. The Bertz CT molecular complexity index is 492. The molecule has 0 aliphatic heterocycles. The molecule has 1 rings (SSSR count). The quantitative estimate of drug-likeness (QED) is 0.782. The second-order valence-corrected chi connectivity index (χ2v) is 7.09. The fraction of sp³-hybridized carbons (Fsp3) is 0.625. The third kappa shape index (κ3) is 3.83. The maximum absolute atomic E-state index is 11.0. The second kappa shape index (κ2) is 6.27. The molecule has 3 nitrogen and oxygen atoms in total. The first-order valence-corrected chi connectivity index (χ1v) is 8.11. The number of benzene rings is 1. The van der Waals surface area contributed by atoms with Crippen LogP contribution in [0.15, 0.2) is 18.2 Å². The summed E-state index contributed by atoms with van der Waals surface area (Å²) in [6.45, 7) is 12.9. The van der Waals surface area contributed by atoms with Gasteiger partial charge in [-0.1, -0.05) is 53.7 Å². The zero-order valence-electron chi connectivity index (χ0n) is 13.3. The molecule has 20 heavy (non-hydrogen) atoms. The van der Waals surface area contributed by atoms with Gasteiger partial charge in [-0.15, -0.1) is 0 Å². The van der Waals surface area contributed by atoms with E-state index in [2.05, 4.69) is 47.6 Å². The van der Waals surface area contributed by atoms with E-state index in [1.165, 1.54) is 5.56 Å². The monoisotopic (exact) mass is 298 g/mol.